The molecule has 2 atom stereocenters. The number of carbonyl (C=O) groups is 1. The van der Waals surface area contributed by atoms with Crippen molar-refractivity contribution in [1.29, 1.82) is 0 Å². The summed E-state index contributed by atoms with van der Waals surface area (Å²) in [5.74, 6) is 0.210. The number of likely N-dealkylation sites (tertiary alicyclic amines) is 1. The lowest BCUT2D eigenvalue weighted by molar-refractivity contribution is -0.384. The van der Waals surface area contributed by atoms with E-state index in [0.717, 1.165) is 6.42 Å². The van der Waals surface area contributed by atoms with Gasteiger partial charge in [-0.3, -0.25) is 14.9 Å². The molecule has 2 rings (SSSR count). The lowest BCUT2D eigenvalue weighted by atomic mass is 9.90. The SMILES string of the molecule is CCC(Nc1c([N+](=O)[O-])c(C)nn1C)C(=O)N1CCC(C)(CN)C1.Cl. The predicted molar refractivity (Wildman–Crippen MR) is 97.9 cm³/mol. The molecule has 1 aromatic rings. The first-order valence-electron chi connectivity index (χ1n) is 8.15. The second-order valence-electron chi connectivity index (χ2n) is 6.79. The molecule has 3 N–H and O–H groups in total. The van der Waals surface area contributed by atoms with Crippen LogP contribution in [0, 0.1) is 22.5 Å². The third kappa shape index (κ3) is 4.21. The largest absolute Gasteiger partial charge is 0.353 e. The molecule has 0 spiro atoms. The summed E-state index contributed by atoms with van der Waals surface area (Å²) < 4.78 is 1.41. The Hall–Kier alpha value is -1.87. The van der Waals surface area contributed by atoms with Gasteiger partial charge in [0.2, 0.25) is 11.7 Å². The highest BCUT2D eigenvalue weighted by atomic mass is 35.5. The van der Waals surface area contributed by atoms with Gasteiger partial charge in [0.1, 0.15) is 11.7 Å². The maximum Gasteiger partial charge on any atom is 0.333 e. The second-order valence-corrected chi connectivity index (χ2v) is 6.79. The van der Waals surface area contributed by atoms with Gasteiger partial charge in [-0.2, -0.15) is 5.10 Å². The highest BCUT2D eigenvalue weighted by molar-refractivity contribution is 5.86. The van der Waals surface area contributed by atoms with Gasteiger partial charge in [0.05, 0.1) is 4.92 Å². The number of nitro groups is 1. The lowest BCUT2D eigenvalue weighted by Crippen LogP contribution is -2.43. The molecule has 1 saturated heterocycles. The summed E-state index contributed by atoms with van der Waals surface area (Å²) in [7, 11) is 1.63. The minimum Gasteiger partial charge on any atom is -0.353 e. The van der Waals surface area contributed by atoms with Crippen molar-refractivity contribution in [2.75, 3.05) is 25.0 Å². The number of carbonyl (C=O) groups excluding carboxylic acids is 1. The van der Waals surface area contributed by atoms with Crippen molar-refractivity contribution in [2.45, 2.75) is 39.7 Å². The van der Waals surface area contributed by atoms with E-state index in [1.165, 1.54) is 4.68 Å². The van der Waals surface area contributed by atoms with Crippen LogP contribution < -0.4 is 11.1 Å². The summed E-state index contributed by atoms with van der Waals surface area (Å²) in [4.78, 5) is 25.4. The summed E-state index contributed by atoms with van der Waals surface area (Å²) in [5, 5.41) is 18.4. The molecule has 2 heterocycles. The van der Waals surface area contributed by atoms with Gasteiger partial charge in [-0.05, 0) is 31.7 Å². The average molecular weight is 375 g/mol. The summed E-state index contributed by atoms with van der Waals surface area (Å²) in [6.07, 6.45) is 1.40. The summed E-state index contributed by atoms with van der Waals surface area (Å²) >= 11 is 0. The molecule has 142 valence electrons. The zero-order valence-electron chi connectivity index (χ0n) is 15.1. The van der Waals surface area contributed by atoms with Crippen LogP contribution in [-0.4, -0.2) is 51.2 Å². The number of amides is 1. The Bertz CT molecular complexity index is 649. The van der Waals surface area contributed by atoms with E-state index in [2.05, 4.69) is 17.3 Å². The zero-order valence-corrected chi connectivity index (χ0v) is 15.9. The van der Waals surface area contributed by atoms with Gasteiger partial charge in [0.25, 0.3) is 0 Å². The Morgan fingerprint density at radius 2 is 2.20 bits per heavy atom. The number of rotatable bonds is 6. The molecule has 1 aliphatic heterocycles. The second kappa shape index (κ2) is 8.01. The smallest absolute Gasteiger partial charge is 0.333 e. The molecule has 0 aliphatic carbocycles. The maximum absolute atomic E-state index is 12.8. The topological polar surface area (TPSA) is 119 Å². The maximum atomic E-state index is 12.8. The van der Waals surface area contributed by atoms with Crippen molar-refractivity contribution >= 4 is 29.8 Å². The van der Waals surface area contributed by atoms with Crippen LogP contribution >= 0.6 is 12.4 Å². The Morgan fingerprint density at radius 1 is 1.56 bits per heavy atom. The standard InChI is InChI=1S/C15H26N6O3.ClH/c1-5-11(14(22)20-7-6-15(3,8-16)9-20)17-13-12(21(23)24)10(2)18-19(13)4;/h11,17H,5-9,16H2,1-4H3;1H. The molecule has 25 heavy (non-hydrogen) atoms. The van der Waals surface area contributed by atoms with E-state index < -0.39 is 11.0 Å². The number of nitrogens with two attached hydrogens (primary N) is 1. The minimum atomic E-state index is -0.529. The third-order valence-electron chi connectivity index (χ3n) is 4.75. The molecule has 0 saturated carbocycles. The lowest BCUT2D eigenvalue weighted by Gasteiger charge is -2.26. The molecule has 0 bridgehead atoms. The fourth-order valence-corrected chi connectivity index (χ4v) is 3.13. The molecule has 10 heteroatoms. The van der Waals surface area contributed by atoms with Crippen LogP contribution in [0.2, 0.25) is 0 Å². The number of nitrogens with zero attached hydrogens (tertiary/aromatic N) is 4. The first-order chi connectivity index (χ1) is 11.2. The fraction of sp³-hybridized carbons (Fsp3) is 0.733. The van der Waals surface area contributed by atoms with E-state index >= 15 is 0 Å². The monoisotopic (exact) mass is 374 g/mol. The number of aromatic nitrogens is 2. The van der Waals surface area contributed by atoms with Crippen molar-refractivity contribution in [1.82, 2.24) is 14.7 Å². The van der Waals surface area contributed by atoms with Gasteiger partial charge in [-0.1, -0.05) is 13.8 Å². The quantitative estimate of drug-likeness (QED) is 0.574. The zero-order chi connectivity index (χ0) is 18.1. The molecule has 0 aromatic carbocycles. The van der Waals surface area contributed by atoms with Crippen LogP contribution in [0.1, 0.15) is 32.4 Å². The van der Waals surface area contributed by atoms with Crippen molar-refractivity contribution in [3.63, 3.8) is 0 Å². The average Bonchev–Trinajstić information content (AvgIpc) is 3.05. The third-order valence-corrected chi connectivity index (χ3v) is 4.75. The van der Waals surface area contributed by atoms with Crippen LogP contribution in [0.5, 0.6) is 0 Å². The molecular weight excluding hydrogens is 348 g/mol. The summed E-state index contributed by atoms with van der Waals surface area (Å²) in [5.41, 5.74) is 5.98. The number of nitrogens with one attached hydrogen (secondary N) is 1. The van der Waals surface area contributed by atoms with Crippen LogP contribution in [-0.2, 0) is 11.8 Å². The predicted octanol–water partition coefficient (Wildman–Crippen LogP) is 1.45. The van der Waals surface area contributed by atoms with Gasteiger partial charge in [-0.25, -0.2) is 4.68 Å². The van der Waals surface area contributed by atoms with E-state index in [0.29, 0.717) is 31.7 Å². The highest BCUT2D eigenvalue weighted by Crippen LogP contribution is 2.31. The van der Waals surface area contributed by atoms with E-state index in [1.54, 1.807) is 18.9 Å². The van der Waals surface area contributed by atoms with Crippen LogP contribution in [0.4, 0.5) is 11.5 Å². The molecule has 2 unspecified atom stereocenters. The highest BCUT2D eigenvalue weighted by Gasteiger charge is 2.37. The Kier molecular flexibility index (Phi) is 6.78. The fourth-order valence-electron chi connectivity index (χ4n) is 3.13. The number of anilines is 1. The minimum absolute atomic E-state index is 0. The van der Waals surface area contributed by atoms with E-state index in [1.807, 2.05) is 6.92 Å². The van der Waals surface area contributed by atoms with Crippen molar-refractivity contribution in [2.24, 2.45) is 18.2 Å². The van der Waals surface area contributed by atoms with Gasteiger partial charge in [0, 0.05) is 20.1 Å². The van der Waals surface area contributed by atoms with E-state index in [-0.39, 0.29) is 35.2 Å². The van der Waals surface area contributed by atoms with Crippen LogP contribution in [0.25, 0.3) is 0 Å². The molecule has 1 amide bonds. The number of hydrogen-bond donors (Lipinski definition) is 2. The van der Waals surface area contributed by atoms with Gasteiger partial charge < -0.3 is 16.0 Å². The van der Waals surface area contributed by atoms with Crippen molar-refractivity contribution in [3.8, 4) is 0 Å². The Labute approximate surface area is 153 Å². The Morgan fingerprint density at radius 3 is 2.68 bits per heavy atom. The molecule has 9 nitrogen and oxygen atoms in total. The molecule has 0 radical (unpaired) electrons. The summed E-state index contributed by atoms with van der Waals surface area (Å²) in [6.45, 7) is 7.35. The number of aryl methyl sites for hydroxylation is 2. The number of hydrogen-bond acceptors (Lipinski definition) is 6. The van der Waals surface area contributed by atoms with Gasteiger partial charge in [-0.15, -0.1) is 12.4 Å². The molecule has 1 fully saturated rings. The molecule has 1 aromatic heterocycles. The van der Waals surface area contributed by atoms with Crippen LogP contribution in [0.15, 0.2) is 0 Å². The first-order valence-corrected chi connectivity index (χ1v) is 8.15. The van der Waals surface area contributed by atoms with Crippen LogP contribution in [0.3, 0.4) is 0 Å². The normalized spacial score (nSPS) is 20.9. The van der Waals surface area contributed by atoms with E-state index in [9.17, 15) is 14.9 Å². The Balaban J connectivity index is 0.00000312. The molecule has 1 aliphatic rings. The molecular formula is C15H27ClN6O3. The van der Waals surface area contributed by atoms with Crippen molar-refractivity contribution in [3.05, 3.63) is 15.8 Å². The number of halogens is 1. The first kappa shape index (κ1) is 21.2. The van der Waals surface area contributed by atoms with Gasteiger partial charge >= 0.3 is 5.69 Å². The van der Waals surface area contributed by atoms with Crippen molar-refractivity contribution < 1.29 is 9.72 Å². The van der Waals surface area contributed by atoms with E-state index in [4.69, 9.17) is 5.73 Å². The van der Waals surface area contributed by atoms with Gasteiger partial charge in [0.15, 0.2) is 0 Å². The summed E-state index contributed by atoms with van der Waals surface area (Å²) in [6, 6.07) is -0.529.